The lowest BCUT2D eigenvalue weighted by Gasteiger charge is -2.28. The molecule has 0 amide bonds. The van der Waals surface area contributed by atoms with Crippen molar-refractivity contribution in [2.75, 3.05) is 26.7 Å². The normalized spacial score (nSPS) is 38.4. The molecule has 1 aliphatic carbocycles. The zero-order chi connectivity index (χ0) is 10.7. The van der Waals surface area contributed by atoms with Crippen LogP contribution in [-0.4, -0.2) is 43.7 Å². The Morgan fingerprint density at radius 3 is 2.53 bits per heavy atom. The highest BCUT2D eigenvalue weighted by Gasteiger charge is 2.22. The second-order valence-corrected chi connectivity index (χ2v) is 5.44. The quantitative estimate of drug-likeness (QED) is 0.725. The average Bonchev–Trinajstić information content (AvgIpc) is 2.64. The molecule has 0 radical (unpaired) electrons. The van der Waals surface area contributed by atoms with Crippen LogP contribution in [0.15, 0.2) is 0 Å². The van der Waals surface area contributed by atoms with Gasteiger partial charge in [0.2, 0.25) is 0 Å². The van der Waals surface area contributed by atoms with Crippen LogP contribution in [0.4, 0.5) is 0 Å². The number of likely N-dealkylation sites (tertiary alicyclic amines) is 1. The number of nitrogens with zero attached hydrogens (tertiary/aromatic N) is 1. The molecule has 2 fully saturated rings. The lowest BCUT2D eigenvalue weighted by molar-refractivity contribution is 0.320. The second-order valence-electron chi connectivity index (χ2n) is 5.44. The van der Waals surface area contributed by atoms with Gasteiger partial charge in [-0.3, -0.25) is 0 Å². The van der Waals surface area contributed by atoms with Crippen molar-refractivity contribution >= 4 is 0 Å². The highest BCUT2D eigenvalue weighted by atomic mass is 15.1. The molecule has 1 aliphatic heterocycles. The zero-order valence-electron chi connectivity index (χ0n) is 9.91. The van der Waals surface area contributed by atoms with Crippen molar-refractivity contribution in [1.82, 2.24) is 10.2 Å². The molecule has 1 heterocycles. The lowest BCUT2D eigenvalue weighted by atomic mass is 9.91. The first-order chi connectivity index (χ1) is 7.24. The third-order valence-corrected chi connectivity index (χ3v) is 3.96. The maximum absolute atomic E-state index is 5.90. The van der Waals surface area contributed by atoms with Gasteiger partial charge in [-0.15, -0.1) is 0 Å². The molecule has 2 rings (SSSR count). The zero-order valence-corrected chi connectivity index (χ0v) is 9.91. The molecular formula is C12H25N3. The van der Waals surface area contributed by atoms with Crippen molar-refractivity contribution in [1.29, 1.82) is 0 Å². The van der Waals surface area contributed by atoms with Crippen LogP contribution in [0.3, 0.4) is 0 Å². The van der Waals surface area contributed by atoms with Gasteiger partial charge in [-0.2, -0.15) is 0 Å². The summed E-state index contributed by atoms with van der Waals surface area (Å²) in [7, 11) is 2.22. The molecule has 0 aromatic rings. The average molecular weight is 211 g/mol. The van der Waals surface area contributed by atoms with Gasteiger partial charge in [0.15, 0.2) is 0 Å². The molecule has 15 heavy (non-hydrogen) atoms. The Kier molecular flexibility index (Phi) is 4.00. The van der Waals surface area contributed by atoms with Crippen LogP contribution in [0, 0.1) is 5.92 Å². The van der Waals surface area contributed by atoms with Gasteiger partial charge in [-0.25, -0.2) is 0 Å². The SMILES string of the molecule is CN1CCC(CNC2CCC(N)CC2)C1. The van der Waals surface area contributed by atoms with E-state index >= 15 is 0 Å². The minimum atomic E-state index is 0.473. The highest BCUT2D eigenvalue weighted by Crippen LogP contribution is 2.18. The third kappa shape index (κ3) is 3.44. The Bertz CT molecular complexity index is 187. The third-order valence-electron chi connectivity index (χ3n) is 3.96. The van der Waals surface area contributed by atoms with E-state index in [1.807, 2.05) is 0 Å². The first kappa shape index (κ1) is 11.4. The Morgan fingerprint density at radius 2 is 1.93 bits per heavy atom. The van der Waals surface area contributed by atoms with Crippen LogP contribution in [-0.2, 0) is 0 Å². The Morgan fingerprint density at radius 1 is 1.20 bits per heavy atom. The number of hydrogen-bond acceptors (Lipinski definition) is 3. The molecule has 1 unspecified atom stereocenters. The van der Waals surface area contributed by atoms with E-state index in [4.69, 9.17) is 5.73 Å². The number of nitrogens with two attached hydrogens (primary N) is 1. The monoisotopic (exact) mass is 211 g/mol. The molecular weight excluding hydrogens is 186 g/mol. The fraction of sp³-hybridized carbons (Fsp3) is 1.00. The molecule has 0 spiro atoms. The van der Waals surface area contributed by atoms with Crippen molar-refractivity contribution in [3.63, 3.8) is 0 Å². The molecule has 3 N–H and O–H groups in total. The Hall–Kier alpha value is -0.120. The molecule has 1 saturated heterocycles. The second kappa shape index (κ2) is 5.28. The fourth-order valence-electron chi connectivity index (χ4n) is 2.85. The number of nitrogens with one attached hydrogen (secondary N) is 1. The minimum absolute atomic E-state index is 0.473. The van der Waals surface area contributed by atoms with Crippen molar-refractivity contribution in [3.05, 3.63) is 0 Å². The van der Waals surface area contributed by atoms with Crippen molar-refractivity contribution in [2.45, 2.75) is 44.2 Å². The summed E-state index contributed by atoms with van der Waals surface area (Å²) in [6, 6.07) is 1.22. The fourth-order valence-corrected chi connectivity index (χ4v) is 2.85. The van der Waals surface area contributed by atoms with Crippen molar-refractivity contribution in [3.8, 4) is 0 Å². The first-order valence-corrected chi connectivity index (χ1v) is 6.41. The van der Waals surface area contributed by atoms with Crippen LogP contribution in [0.25, 0.3) is 0 Å². The highest BCUT2D eigenvalue weighted by molar-refractivity contribution is 4.81. The van der Waals surface area contributed by atoms with Gasteiger partial charge in [0.05, 0.1) is 0 Å². The Balaban J connectivity index is 1.61. The maximum atomic E-state index is 5.90. The maximum Gasteiger partial charge on any atom is 0.00683 e. The summed E-state index contributed by atoms with van der Waals surface area (Å²) in [6.45, 7) is 3.77. The smallest absolute Gasteiger partial charge is 0.00683 e. The van der Waals surface area contributed by atoms with Crippen LogP contribution in [0.1, 0.15) is 32.1 Å². The first-order valence-electron chi connectivity index (χ1n) is 6.41. The van der Waals surface area contributed by atoms with Gasteiger partial charge >= 0.3 is 0 Å². The van der Waals surface area contributed by atoms with Gasteiger partial charge in [0.25, 0.3) is 0 Å². The molecule has 0 aromatic carbocycles. The summed E-state index contributed by atoms with van der Waals surface area (Å²) in [4.78, 5) is 2.43. The minimum Gasteiger partial charge on any atom is -0.328 e. The number of rotatable bonds is 3. The van der Waals surface area contributed by atoms with E-state index in [2.05, 4.69) is 17.3 Å². The molecule has 0 aromatic heterocycles. The van der Waals surface area contributed by atoms with Gasteiger partial charge in [0.1, 0.15) is 0 Å². The predicted molar refractivity (Wildman–Crippen MR) is 63.8 cm³/mol. The standard InChI is InChI=1S/C12H25N3/c1-15-7-6-10(9-15)8-14-12-4-2-11(13)3-5-12/h10-12,14H,2-9,13H2,1H3. The summed E-state index contributed by atoms with van der Waals surface area (Å²) < 4.78 is 0. The summed E-state index contributed by atoms with van der Waals surface area (Å²) in [6.07, 6.45) is 6.35. The van der Waals surface area contributed by atoms with Gasteiger partial charge < -0.3 is 16.0 Å². The largest absolute Gasteiger partial charge is 0.328 e. The topological polar surface area (TPSA) is 41.3 Å². The molecule has 2 aliphatic rings. The van der Waals surface area contributed by atoms with Crippen LogP contribution >= 0.6 is 0 Å². The van der Waals surface area contributed by atoms with Crippen LogP contribution in [0.2, 0.25) is 0 Å². The number of hydrogen-bond donors (Lipinski definition) is 2. The predicted octanol–water partition coefficient (Wildman–Crippen LogP) is 0.798. The molecule has 3 nitrogen and oxygen atoms in total. The molecule has 0 bridgehead atoms. The van der Waals surface area contributed by atoms with E-state index in [0.29, 0.717) is 6.04 Å². The van der Waals surface area contributed by atoms with E-state index in [0.717, 1.165) is 12.0 Å². The molecule has 88 valence electrons. The van der Waals surface area contributed by atoms with Crippen LogP contribution in [0.5, 0.6) is 0 Å². The molecule has 1 atom stereocenters. The van der Waals surface area contributed by atoms with E-state index in [1.165, 1.54) is 51.7 Å². The Labute approximate surface area is 93.4 Å². The summed E-state index contributed by atoms with van der Waals surface area (Å²) in [5, 5.41) is 3.72. The van der Waals surface area contributed by atoms with E-state index < -0.39 is 0 Å². The van der Waals surface area contributed by atoms with Gasteiger partial charge in [-0.05, 0) is 58.2 Å². The summed E-state index contributed by atoms with van der Waals surface area (Å²) >= 11 is 0. The van der Waals surface area contributed by atoms with E-state index in [1.54, 1.807) is 0 Å². The van der Waals surface area contributed by atoms with Gasteiger partial charge in [-0.1, -0.05) is 0 Å². The lowest BCUT2D eigenvalue weighted by Crippen LogP contribution is -2.39. The molecule has 1 saturated carbocycles. The van der Waals surface area contributed by atoms with Crippen LogP contribution < -0.4 is 11.1 Å². The van der Waals surface area contributed by atoms with Gasteiger partial charge in [0, 0.05) is 18.6 Å². The van der Waals surface area contributed by atoms with Crippen molar-refractivity contribution < 1.29 is 0 Å². The molecule has 3 heteroatoms. The van der Waals surface area contributed by atoms with E-state index in [9.17, 15) is 0 Å². The summed E-state index contributed by atoms with van der Waals surface area (Å²) in [5.41, 5.74) is 5.90. The van der Waals surface area contributed by atoms with E-state index in [-0.39, 0.29) is 0 Å². The van der Waals surface area contributed by atoms with Crippen molar-refractivity contribution in [2.24, 2.45) is 11.7 Å². The summed E-state index contributed by atoms with van der Waals surface area (Å²) in [5.74, 6) is 0.880.